The zero-order valence-corrected chi connectivity index (χ0v) is 19.0. The minimum absolute atomic E-state index is 0.00940. The molecule has 34 heavy (non-hydrogen) atoms. The maximum absolute atomic E-state index is 12.8. The molecular weight excluding hydrogens is 436 g/mol. The molecule has 0 bridgehead atoms. The van der Waals surface area contributed by atoms with Crippen molar-refractivity contribution < 1.29 is 24.2 Å². The normalized spacial score (nSPS) is 14.7. The number of fused-ring (bicyclic) bond motifs is 1. The number of phenols is 1. The third-order valence-corrected chi connectivity index (χ3v) is 6.03. The molecule has 176 valence electrons. The highest BCUT2D eigenvalue weighted by atomic mass is 16.7. The molecule has 3 N–H and O–H groups in total. The third kappa shape index (κ3) is 4.16. The number of aromatic nitrogens is 2. The van der Waals surface area contributed by atoms with E-state index in [0.29, 0.717) is 34.0 Å². The highest BCUT2D eigenvalue weighted by Gasteiger charge is 2.28. The zero-order chi connectivity index (χ0) is 23.8. The third-order valence-electron chi connectivity index (χ3n) is 6.03. The molecule has 9 nitrogen and oxygen atoms in total. The van der Waals surface area contributed by atoms with E-state index in [4.69, 9.17) is 9.47 Å². The quantitative estimate of drug-likeness (QED) is 0.482. The average Bonchev–Trinajstić information content (AvgIpc) is 3.40. The van der Waals surface area contributed by atoms with Crippen molar-refractivity contribution in [3.05, 3.63) is 53.7 Å². The number of benzene rings is 2. The molecule has 5 rings (SSSR count). The largest absolute Gasteiger partial charge is 0.507 e. The summed E-state index contributed by atoms with van der Waals surface area (Å²) in [6.07, 6.45) is 3.11. The molecular formula is C25H26N4O5. The number of ether oxygens (including phenoxy) is 2. The van der Waals surface area contributed by atoms with Crippen LogP contribution in [0.25, 0.3) is 11.3 Å². The van der Waals surface area contributed by atoms with Gasteiger partial charge >= 0.3 is 6.03 Å². The van der Waals surface area contributed by atoms with Gasteiger partial charge in [-0.05, 0) is 69.2 Å². The SMILES string of the molecule is CC(C)NC(=O)n1nc(-c2cc(NC(=O)c3ccc4c(c3)OCO4)ccc2O)cc1C1CCC1. The summed E-state index contributed by atoms with van der Waals surface area (Å²) in [4.78, 5) is 25.5. The Balaban J connectivity index is 1.43. The number of phenolic OH excluding ortho intramolecular Hbond substituents is 1. The lowest BCUT2D eigenvalue weighted by atomic mass is 9.82. The number of aromatic hydroxyl groups is 1. The number of hydrogen-bond acceptors (Lipinski definition) is 6. The molecule has 1 aromatic heterocycles. The summed E-state index contributed by atoms with van der Waals surface area (Å²) in [7, 11) is 0. The van der Waals surface area contributed by atoms with E-state index in [-0.39, 0.29) is 36.4 Å². The lowest BCUT2D eigenvalue weighted by molar-refractivity contribution is 0.102. The molecule has 2 amide bonds. The summed E-state index contributed by atoms with van der Waals surface area (Å²) in [5, 5.41) is 20.8. The number of nitrogens with zero attached hydrogens (tertiary/aromatic N) is 2. The van der Waals surface area contributed by atoms with Crippen molar-refractivity contribution in [1.29, 1.82) is 0 Å². The van der Waals surface area contributed by atoms with Crippen LogP contribution in [0, 0.1) is 0 Å². The number of carbonyl (C=O) groups excluding carboxylic acids is 2. The van der Waals surface area contributed by atoms with Crippen LogP contribution in [0.2, 0.25) is 0 Å². The van der Waals surface area contributed by atoms with Crippen LogP contribution in [-0.2, 0) is 0 Å². The predicted molar refractivity (Wildman–Crippen MR) is 126 cm³/mol. The highest BCUT2D eigenvalue weighted by Crippen LogP contribution is 2.39. The summed E-state index contributed by atoms with van der Waals surface area (Å²) in [6, 6.07) is 11.3. The summed E-state index contributed by atoms with van der Waals surface area (Å²) >= 11 is 0. The van der Waals surface area contributed by atoms with Gasteiger partial charge in [-0.1, -0.05) is 6.42 Å². The second kappa shape index (κ2) is 8.74. The van der Waals surface area contributed by atoms with Gasteiger partial charge in [-0.2, -0.15) is 9.78 Å². The second-order valence-electron chi connectivity index (χ2n) is 8.85. The number of nitrogens with one attached hydrogen (secondary N) is 2. The van der Waals surface area contributed by atoms with Crippen LogP contribution in [0.3, 0.4) is 0 Å². The van der Waals surface area contributed by atoms with Gasteiger partial charge in [-0.15, -0.1) is 0 Å². The molecule has 1 aliphatic carbocycles. The highest BCUT2D eigenvalue weighted by molar-refractivity contribution is 6.05. The number of rotatable bonds is 5. The summed E-state index contributed by atoms with van der Waals surface area (Å²) < 4.78 is 12.0. The van der Waals surface area contributed by atoms with Gasteiger partial charge in [0.25, 0.3) is 5.91 Å². The molecule has 0 unspecified atom stereocenters. The summed E-state index contributed by atoms with van der Waals surface area (Å²) in [6.45, 7) is 3.92. The van der Waals surface area contributed by atoms with Gasteiger partial charge < -0.3 is 25.2 Å². The van der Waals surface area contributed by atoms with E-state index in [1.165, 1.54) is 10.7 Å². The Morgan fingerprint density at radius 1 is 1.09 bits per heavy atom. The Morgan fingerprint density at radius 3 is 2.62 bits per heavy atom. The minimum Gasteiger partial charge on any atom is -0.507 e. The number of hydrogen-bond donors (Lipinski definition) is 3. The predicted octanol–water partition coefficient (Wildman–Crippen LogP) is 4.47. The number of carbonyl (C=O) groups is 2. The Kier molecular flexibility index (Phi) is 5.61. The van der Waals surface area contributed by atoms with Crippen molar-refractivity contribution >= 4 is 17.6 Å². The first kappa shape index (κ1) is 21.8. The lowest BCUT2D eigenvalue weighted by Gasteiger charge is -2.25. The monoisotopic (exact) mass is 462 g/mol. The second-order valence-corrected chi connectivity index (χ2v) is 8.85. The zero-order valence-electron chi connectivity index (χ0n) is 19.0. The Morgan fingerprint density at radius 2 is 1.88 bits per heavy atom. The van der Waals surface area contributed by atoms with Crippen LogP contribution in [0.15, 0.2) is 42.5 Å². The fourth-order valence-corrected chi connectivity index (χ4v) is 4.05. The molecule has 2 aliphatic rings. The van der Waals surface area contributed by atoms with E-state index >= 15 is 0 Å². The van der Waals surface area contributed by atoms with Gasteiger partial charge in [0, 0.05) is 28.8 Å². The maximum atomic E-state index is 12.8. The van der Waals surface area contributed by atoms with Crippen LogP contribution in [0.5, 0.6) is 17.2 Å². The molecule has 0 spiro atoms. The molecule has 2 heterocycles. The van der Waals surface area contributed by atoms with Crippen molar-refractivity contribution in [3.63, 3.8) is 0 Å². The van der Waals surface area contributed by atoms with E-state index in [1.54, 1.807) is 30.3 Å². The van der Waals surface area contributed by atoms with Crippen LogP contribution >= 0.6 is 0 Å². The van der Waals surface area contributed by atoms with Crippen LogP contribution in [0.4, 0.5) is 10.5 Å². The fourth-order valence-electron chi connectivity index (χ4n) is 4.05. The lowest BCUT2D eigenvalue weighted by Crippen LogP contribution is -2.36. The standard InChI is InChI=1S/C25H26N4O5/c1-14(2)26-25(32)29-20(15-4-3-5-15)12-19(28-29)18-11-17(7-8-21(18)30)27-24(31)16-6-9-22-23(10-16)34-13-33-22/h6-12,14-15,30H,3-5,13H2,1-2H3,(H,26,32)(H,27,31). The average molecular weight is 463 g/mol. The first-order chi connectivity index (χ1) is 16.4. The molecule has 1 saturated carbocycles. The maximum Gasteiger partial charge on any atom is 0.342 e. The van der Waals surface area contributed by atoms with Gasteiger partial charge in [0.15, 0.2) is 11.5 Å². The van der Waals surface area contributed by atoms with E-state index in [2.05, 4.69) is 15.7 Å². The molecule has 3 aromatic rings. The smallest absolute Gasteiger partial charge is 0.342 e. The first-order valence-electron chi connectivity index (χ1n) is 11.3. The molecule has 1 fully saturated rings. The van der Waals surface area contributed by atoms with Gasteiger partial charge in [0.2, 0.25) is 6.79 Å². The minimum atomic E-state index is -0.327. The van der Waals surface area contributed by atoms with Gasteiger partial charge in [-0.3, -0.25) is 4.79 Å². The molecule has 0 saturated heterocycles. The van der Waals surface area contributed by atoms with E-state index in [1.807, 2.05) is 19.9 Å². The summed E-state index contributed by atoms with van der Waals surface area (Å²) in [5.74, 6) is 1.06. The van der Waals surface area contributed by atoms with Crippen LogP contribution < -0.4 is 20.1 Å². The Labute approximate surface area is 196 Å². The first-order valence-corrected chi connectivity index (χ1v) is 11.3. The van der Waals surface area contributed by atoms with Gasteiger partial charge in [0.05, 0.1) is 11.4 Å². The topological polar surface area (TPSA) is 115 Å². The van der Waals surface area contributed by atoms with E-state index in [0.717, 1.165) is 25.0 Å². The van der Waals surface area contributed by atoms with Crippen molar-refractivity contribution in [3.8, 4) is 28.5 Å². The molecule has 2 aromatic carbocycles. The van der Waals surface area contributed by atoms with Crippen molar-refractivity contribution in [1.82, 2.24) is 15.1 Å². The summed E-state index contributed by atoms with van der Waals surface area (Å²) in [5.41, 5.74) is 2.63. The van der Waals surface area contributed by atoms with Crippen molar-refractivity contribution in [2.45, 2.75) is 45.1 Å². The molecule has 1 aliphatic heterocycles. The van der Waals surface area contributed by atoms with Crippen LogP contribution in [0.1, 0.15) is 55.1 Å². The number of anilines is 1. The van der Waals surface area contributed by atoms with E-state index in [9.17, 15) is 14.7 Å². The molecule has 0 radical (unpaired) electrons. The Hall–Kier alpha value is -4.01. The number of amides is 2. The molecule has 9 heteroatoms. The molecule has 0 atom stereocenters. The van der Waals surface area contributed by atoms with Gasteiger partial charge in [-0.25, -0.2) is 4.79 Å². The van der Waals surface area contributed by atoms with E-state index < -0.39 is 0 Å². The van der Waals surface area contributed by atoms with Gasteiger partial charge in [0.1, 0.15) is 5.75 Å². The van der Waals surface area contributed by atoms with Crippen LogP contribution in [-0.4, -0.2) is 39.7 Å². The van der Waals surface area contributed by atoms with Crippen molar-refractivity contribution in [2.24, 2.45) is 0 Å². The van der Waals surface area contributed by atoms with Crippen molar-refractivity contribution in [2.75, 3.05) is 12.1 Å². The fraction of sp³-hybridized carbons (Fsp3) is 0.320. The Bertz CT molecular complexity index is 1260.